The standard InChI is InChI=1S/C25H26/c1-7-9-23(19(5)8-2)17-24-14-15-25(16-20(24)6)22-12-10-21(11-13-22)18(3)4/h7,10-17H,1-3,9H2,4-6H3/b23-17+. The van der Waals surface area contributed by atoms with Gasteiger partial charge in [-0.05, 0) is 66.2 Å². The summed E-state index contributed by atoms with van der Waals surface area (Å²) in [7, 11) is 0. The van der Waals surface area contributed by atoms with E-state index < -0.39 is 0 Å². The predicted molar refractivity (Wildman–Crippen MR) is 112 cm³/mol. The fraction of sp³-hybridized carbons (Fsp3) is 0.160. The highest BCUT2D eigenvalue weighted by atomic mass is 14.1. The van der Waals surface area contributed by atoms with Crippen molar-refractivity contribution in [3.63, 3.8) is 0 Å². The van der Waals surface area contributed by atoms with E-state index in [1.165, 1.54) is 33.4 Å². The van der Waals surface area contributed by atoms with Crippen molar-refractivity contribution in [2.75, 3.05) is 0 Å². The lowest BCUT2D eigenvalue weighted by molar-refractivity contribution is 1.23. The molecule has 0 radical (unpaired) electrons. The SMILES string of the molecule is C=C=C(C)/C(=C/c1ccc(-c2ccc(C(=C)C)cc2)cc1C)CC=C. The van der Waals surface area contributed by atoms with Crippen LogP contribution in [0, 0.1) is 6.92 Å². The molecule has 0 bridgehead atoms. The minimum absolute atomic E-state index is 0.817. The fourth-order valence-corrected chi connectivity index (χ4v) is 2.74. The van der Waals surface area contributed by atoms with Crippen LogP contribution >= 0.6 is 0 Å². The molecule has 0 N–H and O–H groups in total. The lowest BCUT2D eigenvalue weighted by Crippen LogP contribution is -1.88. The largest absolute Gasteiger partial charge is 0.125 e. The van der Waals surface area contributed by atoms with Crippen LogP contribution in [0.1, 0.15) is 37.0 Å². The van der Waals surface area contributed by atoms with E-state index in [1.807, 2.05) is 19.9 Å². The van der Waals surface area contributed by atoms with Crippen molar-refractivity contribution in [2.45, 2.75) is 27.2 Å². The van der Waals surface area contributed by atoms with E-state index in [4.69, 9.17) is 0 Å². The highest BCUT2D eigenvalue weighted by Crippen LogP contribution is 2.26. The van der Waals surface area contributed by atoms with E-state index in [2.05, 4.69) is 80.9 Å². The summed E-state index contributed by atoms with van der Waals surface area (Å²) >= 11 is 0. The molecule has 0 heteroatoms. The molecule has 0 aliphatic carbocycles. The van der Waals surface area contributed by atoms with E-state index in [0.717, 1.165) is 17.6 Å². The van der Waals surface area contributed by atoms with Gasteiger partial charge in [-0.15, -0.1) is 12.3 Å². The number of allylic oxidation sites excluding steroid dienone is 4. The van der Waals surface area contributed by atoms with Crippen LogP contribution < -0.4 is 0 Å². The van der Waals surface area contributed by atoms with Gasteiger partial charge in [0.1, 0.15) is 0 Å². The lowest BCUT2D eigenvalue weighted by atomic mass is 9.95. The second-order valence-electron chi connectivity index (χ2n) is 6.39. The van der Waals surface area contributed by atoms with Crippen LogP contribution in [0.4, 0.5) is 0 Å². The summed E-state index contributed by atoms with van der Waals surface area (Å²) in [5.41, 5.74) is 12.4. The van der Waals surface area contributed by atoms with E-state index in [0.29, 0.717) is 0 Å². The van der Waals surface area contributed by atoms with Crippen LogP contribution in [0.2, 0.25) is 0 Å². The minimum Gasteiger partial charge on any atom is -0.125 e. The molecule has 0 aliphatic heterocycles. The molecule has 2 aromatic carbocycles. The number of hydrogen-bond donors (Lipinski definition) is 0. The highest BCUT2D eigenvalue weighted by Gasteiger charge is 2.04. The topological polar surface area (TPSA) is 0 Å². The zero-order valence-electron chi connectivity index (χ0n) is 15.5. The first-order valence-electron chi connectivity index (χ1n) is 8.51. The summed E-state index contributed by atoms with van der Waals surface area (Å²) in [4.78, 5) is 0. The quantitative estimate of drug-likeness (QED) is 0.295. The molecule has 0 aromatic heterocycles. The summed E-state index contributed by atoms with van der Waals surface area (Å²) in [5.74, 6) is 0. The van der Waals surface area contributed by atoms with Gasteiger partial charge in [0.25, 0.3) is 0 Å². The second kappa shape index (κ2) is 8.33. The second-order valence-corrected chi connectivity index (χ2v) is 6.39. The maximum Gasteiger partial charge on any atom is -0.00622 e. The zero-order valence-corrected chi connectivity index (χ0v) is 15.5. The Hall–Kier alpha value is -2.82. The molecule has 25 heavy (non-hydrogen) atoms. The predicted octanol–water partition coefficient (Wildman–Crippen LogP) is 7.39. The van der Waals surface area contributed by atoms with E-state index in [-0.39, 0.29) is 0 Å². The summed E-state index contributed by atoms with van der Waals surface area (Å²) in [6.07, 6.45) is 4.94. The maximum atomic E-state index is 3.99. The molecule has 0 amide bonds. The number of rotatable bonds is 6. The average molecular weight is 326 g/mol. The first-order valence-corrected chi connectivity index (χ1v) is 8.51. The third kappa shape index (κ3) is 4.59. The van der Waals surface area contributed by atoms with Crippen molar-refractivity contribution in [3.8, 4) is 11.1 Å². The Kier molecular flexibility index (Phi) is 6.17. The molecule has 0 saturated carbocycles. The minimum atomic E-state index is 0.817. The van der Waals surface area contributed by atoms with Gasteiger partial charge in [0.2, 0.25) is 0 Å². The summed E-state index contributed by atoms with van der Waals surface area (Å²) in [6.45, 7) is 17.8. The number of aryl methyl sites for hydroxylation is 1. The fourth-order valence-electron chi connectivity index (χ4n) is 2.74. The zero-order chi connectivity index (χ0) is 18.4. The molecular weight excluding hydrogens is 300 g/mol. The Bertz CT molecular complexity index is 867. The van der Waals surface area contributed by atoms with Gasteiger partial charge in [0.05, 0.1) is 0 Å². The Labute approximate surface area is 152 Å². The highest BCUT2D eigenvalue weighted by molar-refractivity contribution is 5.71. The van der Waals surface area contributed by atoms with Crippen LogP contribution in [-0.2, 0) is 0 Å². The monoisotopic (exact) mass is 326 g/mol. The van der Waals surface area contributed by atoms with E-state index in [9.17, 15) is 0 Å². The van der Waals surface area contributed by atoms with Crippen molar-refractivity contribution >= 4 is 11.6 Å². The molecular formula is C25H26. The van der Waals surface area contributed by atoms with Crippen LogP contribution in [0.3, 0.4) is 0 Å². The smallest absolute Gasteiger partial charge is 0.00622 e. The van der Waals surface area contributed by atoms with Crippen molar-refractivity contribution < 1.29 is 0 Å². The van der Waals surface area contributed by atoms with Crippen LogP contribution in [-0.4, -0.2) is 0 Å². The Balaban J connectivity index is 2.38. The van der Waals surface area contributed by atoms with Crippen molar-refractivity contribution in [2.24, 2.45) is 0 Å². The maximum absolute atomic E-state index is 3.99. The number of benzene rings is 2. The molecule has 2 rings (SSSR count). The molecule has 0 aliphatic rings. The Morgan fingerprint density at radius 2 is 1.68 bits per heavy atom. The third-order valence-corrected chi connectivity index (χ3v) is 4.42. The summed E-state index contributed by atoms with van der Waals surface area (Å²) < 4.78 is 0. The summed E-state index contributed by atoms with van der Waals surface area (Å²) in [5, 5.41) is 0. The Morgan fingerprint density at radius 1 is 1.04 bits per heavy atom. The third-order valence-electron chi connectivity index (χ3n) is 4.42. The van der Waals surface area contributed by atoms with E-state index in [1.54, 1.807) is 0 Å². The molecule has 0 nitrogen and oxygen atoms in total. The van der Waals surface area contributed by atoms with Crippen LogP contribution in [0.25, 0.3) is 22.8 Å². The van der Waals surface area contributed by atoms with E-state index >= 15 is 0 Å². The molecule has 0 saturated heterocycles. The van der Waals surface area contributed by atoms with Gasteiger partial charge in [-0.2, -0.15) is 0 Å². The van der Waals surface area contributed by atoms with Crippen molar-refractivity contribution in [3.05, 3.63) is 102 Å². The molecule has 2 aromatic rings. The number of hydrogen-bond acceptors (Lipinski definition) is 0. The Morgan fingerprint density at radius 3 is 2.20 bits per heavy atom. The first-order chi connectivity index (χ1) is 12.0. The molecule has 0 spiro atoms. The van der Waals surface area contributed by atoms with Gasteiger partial charge < -0.3 is 0 Å². The summed E-state index contributed by atoms with van der Waals surface area (Å²) in [6, 6.07) is 15.1. The molecule has 126 valence electrons. The van der Waals surface area contributed by atoms with Crippen LogP contribution in [0.5, 0.6) is 0 Å². The van der Waals surface area contributed by atoms with Gasteiger partial charge in [-0.1, -0.05) is 73.3 Å². The lowest BCUT2D eigenvalue weighted by Gasteiger charge is -2.09. The van der Waals surface area contributed by atoms with Crippen molar-refractivity contribution in [1.29, 1.82) is 0 Å². The van der Waals surface area contributed by atoms with Gasteiger partial charge in [0, 0.05) is 0 Å². The molecule has 0 unspecified atom stereocenters. The van der Waals surface area contributed by atoms with Gasteiger partial charge >= 0.3 is 0 Å². The van der Waals surface area contributed by atoms with Gasteiger partial charge in [0.15, 0.2) is 0 Å². The van der Waals surface area contributed by atoms with Crippen molar-refractivity contribution in [1.82, 2.24) is 0 Å². The normalized spacial score (nSPS) is 10.9. The molecule has 0 atom stereocenters. The molecule has 0 fully saturated rings. The molecule has 0 heterocycles. The van der Waals surface area contributed by atoms with Gasteiger partial charge in [-0.25, -0.2) is 0 Å². The average Bonchev–Trinajstić information content (AvgIpc) is 2.62. The first kappa shape index (κ1) is 18.5. The van der Waals surface area contributed by atoms with Crippen LogP contribution in [0.15, 0.2) is 85.2 Å². The van der Waals surface area contributed by atoms with Gasteiger partial charge in [-0.3, -0.25) is 0 Å².